The molecular weight excluding hydrogens is 379 g/mol. The van der Waals surface area contributed by atoms with Crippen LogP contribution in [0.2, 0.25) is 0 Å². The number of aliphatic hydroxyl groups excluding tert-OH is 1. The normalized spacial score (nSPS) is 24.0. The maximum absolute atomic E-state index is 13.3. The number of fused-ring (bicyclic) bond motifs is 2. The Labute approximate surface area is 175 Å². The van der Waals surface area contributed by atoms with Crippen LogP contribution in [0.5, 0.6) is 5.75 Å². The molecule has 5 heteroatoms. The van der Waals surface area contributed by atoms with Gasteiger partial charge in [0.25, 0.3) is 0 Å². The van der Waals surface area contributed by atoms with Gasteiger partial charge in [-0.1, -0.05) is 24.6 Å². The number of benzene rings is 2. The summed E-state index contributed by atoms with van der Waals surface area (Å²) in [5, 5.41) is 25.4. The number of nitrogens with zero attached hydrogens (tertiary/aromatic N) is 2. The minimum atomic E-state index is -0.590. The number of aromatic hydroxyl groups is 1. The Bertz CT molecular complexity index is 1100. The highest BCUT2D eigenvalue weighted by Gasteiger charge is 2.46. The molecule has 0 saturated heterocycles. The van der Waals surface area contributed by atoms with Crippen LogP contribution in [0.15, 0.2) is 60.3 Å². The third-order valence-electron chi connectivity index (χ3n) is 6.95. The standard InChI is InChI=1S/C25H25FN2O2/c1-25-14-17-15-27-28(20-9-7-19(26)8-10-20)23(17)13-18(25)3-2-4-22(25)24(30)16-5-11-21(29)12-6-16/h5-13,15,22,24,29-30H,2-4,14H2,1H3/t22-,24?,25?/m1/s1. The second kappa shape index (κ2) is 7.10. The summed E-state index contributed by atoms with van der Waals surface area (Å²) in [6.45, 7) is 2.25. The van der Waals surface area contributed by atoms with Gasteiger partial charge in [0.05, 0.1) is 23.7 Å². The van der Waals surface area contributed by atoms with E-state index >= 15 is 0 Å². The van der Waals surface area contributed by atoms with Crippen LogP contribution in [0.1, 0.15) is 49.1 Å². The van der Waals surface area contributed by atoms with Gasteiger partial charge in [0.15, 0.2) is 0 Å². The van der Waals surface area contributed by atoms with Crippen molar-refractivity contribution in [3.63, 3.8) is 0 Å². The molecule has 0 radical (unpaired) electrons. The third-order valence-corrected chi connectivity index (χ3v) is 6.95. The average molecular weight is 404 g/mol. The average Bonchev–Trinajstić information content (AvgIpc) is 3.14. The maximum atomic E-state index is 13.3. The van der Waals surface area contributed by atoms with Gasteiger partial charge < -0.3 is 10.2 Å². The second-order valence-electron chi connectivity index (χ2n) is 8.74. The number of halogens is 1. The summed E-state index contributed by atoms with van der Waals surface area (Å²) < 4.78 is 15.2. The van der Waals surface area contributed by atoms with Crippen molar-refractivity contribution >= 4 is 6.08 Å². The van der Waals surface area contributed by atoms with E-state index in [0.29, 0.717) is 0 Å². The molecule has 0 spiro atoms. The number of aromatic nitrogens is 2. The maximum Gasteiger partial charge on any atom is 0.123 e. The Kier molecular flexibility index (Phi) is 4.51. The lowest BCUT2D eigenvalue weighted by atomic mass is 9.57. The summed E-state index contributed by atoms with van der Waals surface area (Å²) in [6.07, 6.45) is 7.34. The number of phenolic OH excluding ortho intramolecular Hbond substituents is 1. The van der Waals surface area contributed by atoms with E-state index in [1.165, 1.54) is 17.7 Å². The van der Waals surface area contributed by atoms with E-state index in [9.17, 15) is 14.6 Å². The van der Waals surface area contributed by atoms with Gasteiger partial charge in [0.2, 0.25) is 0 Å². The predicted octanol–water partition coefficient (Wildman–Crippen LogP) is 5.20. The third kappa shape index (κ3) is 3.05. The van der Waals surface area contributed by atoms with Crippen molar-refractivity contribution in [3.05, 3.63) is 82.9 Å². The van der Waals surface area contributed by atoms with Crippen molar-refractivity contribution in [2.24, 2.45) is 11.3 Å². The van der Waals surface area contributed by atoms with Gasteiger partial charge in [-0.05, 0) is 90.6 Å². The molecule has 1 saturated carbocycles. The monoisotopic (exact) mass is 404 g/mol. The number of phenols is 1. The van der Waals surface area contributed by atoms with Crippen LogP contribution >= 0.6 is 0 Å². The first kappa shape index (κ1) is 19.1. The van der Waals surface area contributed by atoms with Crippen LogP contribution in [0.4, 0.5) is 4.39 Å². The van der Waals surface area contributed by atoms with Gasteiger partial charge in [0, 0.05) is 0 Å². The van der Waals surface area contributed by atoms with Crippen LogP contribution in [-0.2, 0) is 6.42 Å². The van der Waals surface area contributed by atoms with E-state index in [4.69, 9.17) is 0 Å². The molecule has 3 aromatic rings. The molecule has 1 heterocycles. The minimum Gasteiger partial charge on any atom is -0.508 e. The molecule has 0 amide bonds. The summed E-state index contributed by atoms with van der Waals surface area (Å²) in [6, 6.07) is 13.3. The van der Waals surface area contributed by atoms with E-state index in [1.54, 1.807) is 24.3 Å². The number of hydrogen-bond donors (Lipinski definition) is 2. The largest absolute Gasteiger partial charge is 0.508 e. The molecule has 154 valence electrons. The molecule has 2 aromatic carbocycles. The highest BCUT2D eigenvalue weighted by molar-refractivity contribution is 5.61. The predicted molar refractivity (Wildman–Crippen MR) is 114 cm³/mol. The highest BCUT2D eigenvalue weighted by Crippen LogP contribution is 2.54. The first-order valence-electron chi connectivity index (χ1n) is 10.5. The van der Waals surface area contributed by atoms with Gasteiger partial charge in [-0.15, -0.1) is 0 Å². The van der Waals surface area contributed by atoms with Crippen LogP contribution in [0, 0.1) is 17.2 Å². The zero-order valence-electron chi connectivity index (χ0n) is 16.9. The molecule has 0 bridgehead atoms. The molecule has 4 nitrogen and oxygen atoms in total. The summed E-state index contributed by atoms with van der Waals surface area (Å²) in [4.78, 5) is 0. The van der Waals surface area contributed by atoms with Gasteiger partial charge in [0.1, 0.15) is 11.6 Å². The second-order valence-corrected chi connectivity index (χ2v) is 8.74. The van der Waals surface area contributed by atoms with Crippen LogP contribution in [0.3, 0.4) is 0 Å². The van der Waals surface area contributed by atoms with Gasteiger partial charge in [-0.3, -0.25) is 0 Å². The summed E-state index contributed by atoms with van der Waals surface area (Å²) >= 11 is 0. The van der Waals surface area contributed by atoms with Gasteiger partial charge in [-0.2, -0.15) is 5.10 Å². The SMILES string of the molecule is CC12Cc3cnn(-c4ccc(F)cc4)c3C=C1CCC[C@@H]2C(O)c1ccc(O)cc1. The van der Waals surface area contributed by atoms with Crippen LogP contribution < -0.4 is 0 Å². The topological polar surface area (TPSA) is 58.3 Å². The van der Waals surface area contributed by atoms with Gasteiger partial charge >= 0.3 is 0 Å². The van der Waals surface area contributed by atoms with E-state index in [0.717, 1.165) is 48.2 Å². The van der Waals surface area contributed by atoms with Crippen molar-refractivity contribution in [1.29, 1.82) is 0 Å². The molecule has 5 rings (SSSR count). The fraction of sp³-hybridized carbons (Fsp3) is 0.320. The minimum absolute atomic E-state index is 0.0874. The number of aliphatic hydroxyl groups is 1. The molecular formula is C25H25FN2O2. The van der Waals surface area contributed by atoms with Crippen molar-refractivity contribution < 1.29 is 14.6 Å². The Hall–Kier alpha value is -2.92. The summed E-state index contributed by atoms with van der Waals surface area (Å²) in [5.41, 5.74) is 5.07. The smallest absolute Gasteiger partial charge is 0.123 e. The van der Waals surface area contributed by atoms with E-state index in [1.807, 2.05) is 23.0 Å². The van der Waals surface area contributed by atoms with E-state index in [-0.39, 0.29) is 22.9 Å². The zero-order chi connectivity index (χ0) is 20.9. The van der Waals surface area contributed by atoms with Crippen molar-refractivity contribution in [2.45, 2.75) is 38.7 Å². The summed E-state index contributed by atoms with van der Waals surface area (Å²) in [7, 11) is 0. The lowest BCUT2D eigenvalue weighted by Crippen LogP contribution is -2.40. The van der Waals surface area contributed by atoms with Gasteiger partial charge in [-0.25, -0.2) is 9.07 Å². The molecule has 30 heavy (non-hydrogen) atoms. The molecule has 1 aromatic heterocycles. The number of allylic oxidation sites excluding steroid dienone is 1. The molecule has 2 aliphatic carbocycles. The fourth-order valence-corrected chi connectivity index (χ4v) is 5.28. The first-order valence-corrected chi connectivity index (χ1v) is 10.5. The lowest BCUT2D eigenvalue weighted by Gasteiger charge is -2.47. The fourth-order valence-electron chi connectivity index (χ4n) is 5.28. The van der Waals surface area contributed by atoms with E-state index in [2.05, 4.69) is 18.1 Å². The van der Waals surface area contributed by atoms with Crippen molar-refractivity contribution in [2.75, 3.05) is 0 Å². The molecule has 1 fully saturated rings. The Morgan fingerprint density at radius 2 is 1.87 bits per heavy atom. The Morgan fingerprint density at radius 3 is 2.60 bits per heavy atom. The molecule has 2 unspecified atom stereocenters. The quantitative estimate of drug-likeness (QED) is 0.631. The molecule has 3 atom stereocenters. The first-order chi connectivity index (χ1) is 14.5. The van der Waals surface area contributed by atoms with Crippen molar-refractivity contribution in [1.82, 2.24) is 9.78 Å². The number of hydrogen-bond acceptors (Lipinski definition) is 3. The highest BCUT2D eigenvalue weighted by atomic mass is 19.1. The van der Waals surface area contributed by atoms with Crippen LogP contribution in [-0.4, -0.2) is 20.0 Å². The molecule has 0 aliphatic heterocycles. The molecule has 2 aliphatic rings. The van der Waals surface area contributed by atoms with E-state index < -0.39 is 6.10 Å². The van der Waals surface area contributed by atoms with Crippen molar-refractivity contribution in [3.8, 4) is 11.4 Å². The van der Waals surface area contributed by atoms with Crippen LogP contribution in [0.25, 0.3) is 11.8 Å². The Balaban J connectivity index is 1.51. The molecule has 2 N–H and O–H groups in total. The zero-order valence-corrected chi connectivity index (χ0v) is 16.9. The lowest BCUT2D eigenvalue weighted by molar-refractivity contribution is 0.0217. The Morgan fingerprint density at radius 1 is 1.13 bits per heavy atom. The number of rotatable bonds is 3. The summed E-state index contributed by atoms with van der Waals surface area (Å²) in [5.74, 6) is 0.0327.